The smallest absolute Gasteiger partial charge is 0.257 e. The number of carbonyl (C=O) groups is 1. The van der Waals surface area contributed by atoms with Gasteiger partial charge in [-0.25, -0.2) is 0 Å². The van der Waals surface area contributed by atoms with Crippen LogP contribution in [0.2, 0.25) is 0 Å². The number of anilines is 2. The molecule has 0 atom stereocenters. The molecule has 2 heterocycles. The van der Waals surface area contributed by atoms with Crippen molar-refractivity contribution in [3.8, 4) is 17.1 Å². The highest BCUT2D eigenvalue weighted by atomic mass is 32.2. The van der Waals surface area contributed by atoms with E-state index in [2.05, 4.69) is 25.7 Å². The molecule has 28 heavy (non-hydrogen) atoms. The van der Waals surface area contributed by atoms with Crippen molar-refractivity contribution in [3.63, 3.8) is 0 Å². The van der Waals surface area contributed by atoms with Crippen molar-refractivity contribution in [3.05, 3.63) is 42.2 Å². The van der Waals surface area contributed by atoms with Crippen LogP contribution in [-0.2, 0) is 7.05 Å². The van der Waals surface area contributed by atoms with Gasteiger partial charge in [-0.2, -0.15) is 4.80 Å². The van der Waals surface area contributed by atoms with Gasteiger partial charge in [0.1, 0.15) is 0 Å². The predicted octanol–water partition coefficient (Wildman–Crippen LogP) is 2.42. The van der Waals surface area contributed by atoms with Gasteiger partial charge in [-0.05, 0) is 29.7 Å². The fourth-order valence-electron chi connectivity index (χ4n) is 2.58. The first-order chi connectivity index (χ1) is 14.8. The van der Waals surface area contributed by atoms with E-state index in [0.717, 1.165) is 4.90 Å². The van der Waals surface area contributed by atoms with Gasteiger partial charge in [0.15, 0.2) is 5.75 Å². The highest BCUT2D eigenvalue weighted by Crippen LogP contribution is 2.36. The standard InChI is InChI=1S/C18H21N7O2S/c1-24(11-28-4)18(26)13-10-19-9-8-14(13)20-15-7-5-6-12(16(15)27-3)17-21-23-25(2)22-17/h5-10H,11H2,1-4H3,(H,19,20)/i1D3. The lowest BCUT2D eigenvalue weighted by molar-refractivity contribution is 0.0821. The second-order valence-electron chi connectivity index (χ2n) is 5.69. The molecule has 3 aromatic rings. The number of tetrazole rings is 1. The van der Waals surface area contributed by atoms with E-state index >= 15 is 0 Å². The zero-order chi connectivity index (χ0) is 22.6. The van der Waals surface area contributed by atoms with E-state index in [4.69, 9.17) is 8.85 Å². The molecule has 146 valence electrons. The van der Waals surface area contributed by atoms with Gasteiger partial charge < -0.3 is 15.0 Å². The molecule has 0 aliphatic rings. The van der Waals surface area contributed by atoms with Crippen LogP contribution in [0.25, 0.3) is 11.4 Å². The van der Waals surface area contributed by atoms with Gasteiger partial charge in [-0.3, -0.25) is 9.78 Å². The number of benzene rings is 1. The molecule has 9 nitrogen and oxygen atoms in total. The van der Waals surface area contributed by atoms with Gasteiger partial charge in [0, 0.05) is 23.5 Å². The Morgan fingerprint density at radius 1 is 1.39 bits per heavy atom. The van der Waals surface area contributed by atoms with E-state index in [-0.39, 0.29) is 11.4 Å². The Morgan fingerprint density at radius 2 is 2.25 bits per heavy atom. The van der Waals surface area contributed by atoms with Crippen molar-refractivity contribution < 1.29 is 13.6 Å². The minimum absolute atomic E-state index is 0.0147. The number of hydrogen-bond donors (Lipinski definition) is 1. The second kappa shape index (κ2) is 8.70. The van der Waals surface area contributed by atoms with Crippen LogP contribution in [0, 0.1) is 0 Å². The van der Waals surface area contributed by atoms with Crippen molar-refractivity contribution in [1.29, 1.82) is 0 Å². The maximum Gasteiger partial charge on any atom is 0.257 e. The van der Waals surface area contributed by atoms with E-state index in [0.29, 0.717) is 28.5 Å². The first-order valence-corrected chi connectivity index (χ1v) is 9.59. The summed E-state index contributed by atoms with van der Waals surface area (Å²) in [5.74, 6) is 0.182. The van der Waals surface area contributed by atoms with Crippen molar-refractivity contribution in [2.45, 2.75) is 0 Å². The summed E-state index contributed by atoms with van der Waals surface area (Å²) in [6.45, 7) is -2.58. The maximum atomic E-state index is 13.0. The molecule has 3 rings (SSSR count). The average Bonchev–Trinajstić information content (AvgIpc) is 3.17. The van der Waals surface area contributed by atoms with Crippen molar-refractivity contribution >= 4 is 29.0 Å². The molecule has 0 aliphatic carbocycles. The van der Waals surface area contributed by atoms with Crippen LogP contribution < -0.4 is 10.1 Å². The quantitative estimate of drug-likeness (QED) is 0.602. The maximum absolute atomic E-state index is 13.0. The van der Waals surface area contributed by atoms with Crippen LogP contribution in [0.3, 0.4) is 0 Å². The zero-order valence-electron chi connectivity index (χ0n) is 18.6. The lowest BCUT2D eigenvalue weighted by atomic mass is 10.1. The second-order valence-corrected chi connectivity index (χ2v) is 6.52. The van der Waals surface area contributed by atoms with Crippen LogP contribution in [0.4, 0.5) is 11.4 Å². The number of para-hydroxylation sites is 1. The number of nitrogens with one attached hydrogen (secondary N) is 1. The molecule has 0 fully saturated rings. The summed E-state index contributed by atoms with van der Waals surface area (Å²) in [6, 6.07) is 6.92. The Balaban J connectivity index is 2.01. The first kappa shape index (κ1) is 15.9. The van der Waals surface area contributed by atoms with Gasteiger partial charge in [-0.15, -0.1) is 22.0 Å². The molecular weight excluding hydrogens is 378 g/mol. The zero-order valence-corrected chi connectivity index (χ0v) is 16.4. The third-order valence-corrected chi connectivity index (χ3v) is 4.31. The molecule has 1 amide bonds. The summed E-state index contributed by atoms with van der Waals surface area (Å²) in [4.78, 5) is 19.2. The normalized spacial score (nSPS) is 12.6. The molecule has 10 heteroatoms. The molecule has 0 aliphatic heterocycles. The molecule has 0 saturated carbocycles. The fraction of sp³-hybridized carbons (Fsp3) is 0.278. The number of ether oxygens (including phenoxy) is 1. The number of amides is 1. The van der Waals surface area contributed by atoms with Crippen molar-refractivity contribution in [2.75, 3.05) is 31.5 Å². The SMILES string of the molecule is [2H]C([2H])([2H])N(CSC)C(=O)c1cnccc1Nc1cccc(-c2nnn(C)n2)c1OC. The molecular formula is C18H21N7O2S. The van der Waals surface area contributed by atoms with E-state index in [1.165, 1.54) is 36.1 Å². The summed E-state index contributed by atoms with van der Waals surface area (Å²) < 4.78 is 28.7. The number of nitrogens with zero attached hydrogens (tertiary/aromatic N) is 6. The monoisotopic (exact) mass is 402 g/mol. The Hall–Kier alpha value is -3.14. The molecule has 0 unspecified atom stereocenters. The van der Waals surface area contributed by atoms with Crippen molar-refractivity contribution in [2.24, 2.45) is 7.05 Å². The number of rotatable bonds is 7. The minimum atomic E-state index is -2.58. The Labute approximate surface area is 171 Å². The van der Waals surface area contributed by atoms with Gasteiger partial charge in [0.25, 0.3) is 5.91 Å². The fourth-order valence-corrected chi connectivity index (χ4v) is 2.95. The van der Waals surface area contributed by atoms with Crippen molar-refractivity contribution in [1.82, 2.24) is 30.1 Å². The topological polar surface area (TPSA) is 98.1 Å². The van der Waals surface area contributed by atoms with E-state index in [1.807, 2.05) is 0 Å². The third-order valence-electron chi connectivity index (χ3n) is 3.79. The highest BCUT2D eigenvalue weighted by Gasteiger charge is 2.19. The Kier molecular flexibility index (Phi) is 4.93. The van der Waals surface area contributed by atoms with Crippen LogP contribution in [0.5, 0.6) is 5.75 Å². The summed E-state index contributed by atoms with van der Waals surface area (Å²) in [7, 11) is 3.17. The molecule has 0 bridgehead atoms. The lowest BCUT2D eigenvalue weighted by Crippen LogP contribution is -2.27. The molecule has 0 spiro atoms. The average molecular weight is 402 g/mol. The molecule has 0 saturated heterocycles. The van der Waals surface area contributed by atoms with Gasteiger partial charge in [0.05, 0.1) is 42.5 Å². The number of carbonyl (C=O) groups excluding carboxylic acids is 1. The summed E-state index contributed by atoms with van der Waals surface area (Å²) in [6.07, 6.45) is 4.57. The summed E-state index contributed by atoms with van der Waals surface area (Å²) in [5, 5.41) is 15.2. The van der Waals surface area contributed by atoms with Gasteiger partial charge >= 0.3 is 0 Å². The van der Waals surface area contributed by atoms with Gasteiger partial charge in [-0.1, -0.05) is 6.07 Å². The lowest BCUT2D eigenvalue weighted by Gasteiger charge is -2.19. The van der Waals surface area contributed by atoms with Crippen LogP contribution in [-0.4, -0.2) is 62.2 Å². The number of methoxy groups -OCH3 is 1. The molecule has 1 N–H and O–H groups in total. The third kappa shape index (κ3) is 4.06. The van der Waals surface area contributed by atoms with E-state index in [9.17, 15) is 4.79 Å². The van der Waals surface area contributed by atoms with E-state index in [1.54, 1.807) is 37.6 Å². The number of thioether (sulfide) groups is 1. The highest BCUT2D eigenvalue weighted by molar-refractivity contribution is 7.98. The summed E-state index contributed by atoms with van der Waals surface area (Å²) in [5.41, 5.74) is 1.66. The van der Waals surface area contributed by atoms with Crippen LogP contribution >= 0.6 is 11.8 Å². The summed E-state index contributed by atoms with van der Waals surface area (Å²) >= 11 is 1.24. The number of aryl methyl sites for hydroxylation is 1. The molecule has 1 aromatic carbocycles. The van der Waals surface area contributed by atoms with E-state index < -0.39 is 12.9 Å². The Bertz CT molecular complexity index is 1070. The number of aromatic nitrogens is 5. The number of pyridine rings is 1. The largest absolute Gasteiger partial charge is 0.494 e. The van der Waals surface area contributed by atoms with Gasteiger partial charge in [0.2, 0.25) is 5.82 Å². The van der Waals surface area contributed by atoms with Crippen LogP contribution in [0.15, 0.2) is 36.7 Å². The number of hydrogen-bond acceptors (Lipinski definition) is 8. The molecule has 0 radical (unpaired) electrons. The predicted molar refractivity (Wildman–Crippen MR) is 109 cm³/mol. The minimum Gasteiger partial charge on any atom is -0.494 e. The molecule has 2 aromatic heterocycles. The first-order valence-electron chi connectivity index (χ1n) is 9.69. The van der Waals surface area contributed by atoms with Crippen LogP contribution in [0.1, 0.15) is 14.5 Å². The Morgan fingerprint density at radius 3 is 2.93 bits per heavy atom.